The summed E-state index contributed by atoms with van der Waals surface area (Å²) in [6.45, 7) is 7.04. The van der Waals surface area contributed by atoms with E-state index in [1.54, 1.807) is 23.1 Å². The van der Waals surface area contributed by atoms with Crippen LogP contribution < -0.4 is 10.6 Å². The topological polar surface area (TPSA) is 112 Å². The summed E-state index contributed by atoms with van der Waals surface area (Å²) in [6.07, 6.45) is 1.49. The van der Waals surface area contributed by atoms with Crippen LogP contribution in [0.25, 0.3) is 21.3 Å². The van der Waals surface area contributed by atoms with Gasteiger partial charge in [0.25, 0.3) is 5.91 Å². The molecule has 4 aromatic rings. The first-order chi connectivity index (χ1) is 20.4. The van der Waals surface area contributed by atoms with Crippen molar-refractivity contribution in [2.24, 2.45) is 11.3 Å². The number of benzene rings is 3. The minimum Gasteiger partial charge on any atom is -0.480 e. The number of nitrogens with one attached hydrogen (secondary N) is 2. The molecule has 0 bridgehead atoms. The number of piperidine rings is 1. The Morgan fingerprint density at radius 1 is 1.00 bits per heavy atom. The third-order valence-electron chi connectivity index (χ3n) is 7.57. The standard InChI is InChI=1S/C33H35FN4O4S/c1-33(2,3)19-28(39)38-16-14-22(15-17-38)29(31(41)42)37-30(40)23-6-4-20(5-7-23)21-8-11-25(12-9-21)35-32-36-26-13-10-24(34)18-27(26)43-32/h4-13,18,22,29H,14-17,19H2,1-3H3,(H,35,36)(H,37,40)(H,41,42). The third kappa shape index (κ3) is 7.56. The summed E-state index contributed by atoms with van der Waals surface area (Å²) in [4.78, 5) is 44.0. The van der Waals surface area contributed by atoms with E-state index in [0.717, 1.165) is 27.0 Å². The number of amides is 2. The SMILES string of the molecule is CC(C)(C)CC(=O)N1CCC(C(NC(=O)c2ccc(-c3ccc(Nc4nc5ccc(F)cc5s4)cc3)cc2)C(=O)O)CC1. The van der Waals surface area contributed by atoms with Crippen LogP contribution in [0.4, 0.5) is 15.2 Å². The van der Waals surface area contributed by atoms with Crippen LogP contribution in [0.3, 0.4) is 0 Å². The largest absolute Gasteiger partial charge is 0.480 e. The van der Waals surface area contributed by atoms with Crippen LogP contribution in [-0.2, 0) is 9.59 Å². The first-order valence-corrected chi connectivity index (χ1v) is 15.1. The van der Waals surface area contributed by atoms with Gasteiger partial charge in [0.2, 0.25) is 5.91 Å². The fourth-order valence-electron chi connectivity index (χ4n) is 5.29. The maximum atomic E-state index is 13.5. The van der Waals surface area contributed by atoms with Gasteiger partial charge in [-0.2, -0.15) is 0 Å². The second-order valence-corrected chi connectivity index (χ2v) is 13.2. The number of thiazole rings is 1. The number of aromatic nitrogens is 1. The van der Waals surface area contributed by atoms with E-state index < -0.39 is 17.9 Å². The number of anilines is 2. The van der Waals surface area contributed by atoms with Gasteiger partial charge in [-0.05, 0) is 77.8 Å². The van der Waals surface area contributed by atoms with E-state index in [1.807, 2.05) is 57.2 Å². The maximum Gasteiger partial charge on any atom is 0.326 e. The Labute approximate surface area is 253 Å². The van der Waals surface area contributed by atoms with Gasteiger partial charge in [-0.3, -0.25) is 9.59 Å². The zero-order valence-electron chi connectivity index (χ0n) is 24.4. The van der Waals surface area contributed by atoms with Gasteiger partial charge < -0.3 is 20.6 Å². The molecule has 2 heterocycles. The second-order valence-electron chi connectivity index (χ2n) is 12.2. The number of carbonyl (C=O) groups excluding carboxylic acids is 2. The average molecular weight is 603 g/mol. The number of aliphatic carboxylic acids is 1. The summed E-state index contributed by atoms with van der Waals surface area (Å²) in [6, 6.07) is 18.2. The number of nitrogens with zero attached hydrogens (tertiary/aromatic N) is 2. The number of halogens is 1. The van der Waals surface area contributed by atoms with Crippen molar-refractivity contribution < 1.29 is 23.9 Å². The molecular formula is C33H35FN4O4S. The Morgan fingerprint density at radius 3 is 2.23 bits per heavy atom. The van der Waals surface area contributed by atoms with Crippen molar-refractivity contribution in [3.63, 3.8) is 0 Å². The molecule has 1 saturated heterocycles. The van der Waals surface area contributed by atoms with Crippen molar-refractivity contribution in [3.05, 3.63) is 78.1 Å². The number of fused-ring (bicyclic) bond motifs is 1. The number of carboxylic acids is 1. The van der Waals surface area contributed by atoms with E-state index in [2.05, 4.69) is 15.6 Å². The molecule has 0 aliphatic carbocycles. The van der Waals surface area contributed by atoms with Crippen LogP contribution >= 0.6 is 11.3 Å². The predicted molar refractivity (Wildman–Crippen MR) is 167 cm³/mol. The highest BCUT2D eigenvalue weighted by Gasteiger charge is 2.34. The number of hydrogen-bond donors (Lipinski definition) is 3. The van der Waals surface area contributed by atoms with Crippen molar-refractivity contribution >= 4 is 50.2 Å². The fraction of sp³-hybridized carbons (Fsp3) is 0.333. The summed E-state index contributed by atoms with van der Waals surface area (Å²) >= 11 is 1.38. The molecule has 1 aliphatic rings. The lowest BCUT2D eigenvalue weighted by molar-refractivity contribution is -0.141. The molecule has 1 aliphatic heterocycles. The van der Waals surface area contributed by atoms with Gasteiger partial charge in [0.05, 0.1) is 10.2 Å². The highest BCUT2D eigenvalue weighted by atomic mass is 32.1. The number of carboxylic acid groups (broad SMARTS) is 1. The molecule has 2 amide bonds. The van der Waals surface area contributed by atoms with Crippen LogP contribution in [0, 0.1) is 17.2 Å². The molecule has 1 atom stereocenters. The van der Waals surface area contributed by atoms with Crippen LogP contribution in [0.5, 0.6) is 0 Å². The lowest BCUT2D eigenvalue weighted by Gasteiger charge is -2.36. The quantitative estimate of drug-likeness (QED) is 0.207. The highest BCUT2D eigenvalue weighted by molar-refractivity contribution is 7.22. The van der Waals surface area contributed by atoms with E-state index in [1.165, 1.54) is 23.5 Å². The molecule has 10 heteroatoms. The summed E-state index contributed by atoms with van der Waals surface area (Å²) < 4.78 is 14.3. The summed E-state index contributed by atoms with van der Waals surface area (Å²) in [5, 5.41) is 16.5. The number of rotatable bonds is 8. The van der Waals surface area contributed by atoms with Crippen LogP contribution in [0.1, 0.15) is 50.4 Å². The minimum atomic E-state index is -1.07. The summed E-state index contributed by atoms with van der Waals surface area (Å²) in [5.41, 5.74) is 3.68. The Kier molecular flexibility index (Phi) is 8.77. The summed E-state index contributed by atoms with van der Waals surface area (Å²) in [7, 11) is 0. The zero-order valence-corrected chi connectivity index (χ0v) is 25.2. The normalized spacial score (nSPS) is 14.8. The number of likely N-dealkylation sites (tertiary alicyclic amines) is 1. The molecule has 1 aromatic heterocycles. The molecule has 5 rings (SSSR count). The van der Waals surface area contributed by atoms with Crippen molar-refractivity contribution in [1.82, 2.24) is 15.2 Å². The predicted octanol–water partition coefficient (Wildman–Crippen LogP) is 6.70. The van der Waals surface area contributed by atoms with Crippen molar-refractivity contribution in [2.45, 2.75) is 46.1 Å². The van der Waals surface area contributed by atoms with Gasteiger partial charge in [0.1, 0.15) is 11.9 Å². The van der Waals surface area contributed by atoms with Gasteiger partial charge >= 0.3 is 5.97 Å². The minimum absolute atomic E-state index is 0.0823. The molecule has 0 radical (unpaired) electrons. The Bertz CT molecular complexity index is 1620. The van der Waals surface area contributed by atoms with E-state index in [-0.39, 0.29) is 23.1 Å². The highest BCUT2D eigenvalue weighted by Crippen LogP contribution is 2.30. The molecule has 0 saturated carbocycles. The fourth-order valence-corrected chi connectivity index (χ4v) is 6.20. The van der Waals surface area contributed by atoms with Gasteiger partial charge in [-0.1, -0.05) is 56.4 Å². The number of carbonyl (C=O) groups is 3. The third-order valence-corrected chi connectivity index (χ3v) is 8.50. The molecule has 43 heavy (non-hydrogen) atoms. The molecule has 3 N–H and O–H groups in total. The molecule has 3 aromatic carbocycles. The van der Waals surface area contributed by atoms with Crippen molar-refractivity contribution in [3.8, 4) is 11.1 Å². The number of hydrogen-bond acceptors (Lipinski definition) is 6. The van der Waals surface area contributed by atoms with Crippen molar-refractivity contribution in [1.29, 1.82) is 0 Å². The van der Waals surface area contributed by atoms with E-state index in [9.17, 15) is 23.9 Å². The first kappa shape index (κ1) is 30.2. The van der Waals surface area contributed by atoms with Crippen LogP contribution in [-0.4, -0.2) is 51.9 Å². The van der Waals surface area contributed by atoms with E-state index >= 15 is 0 Å². The lowest BCUT2D eigenvalue weighted by Crippen LogP contribution is -2.50. The van der Waals surface area contributed by atoms with Gasteiger partial charge in [0.15, 0.2) is 5.13 Å². The molecule has 1 fully saturated rings. The average Bonchev–Trinajstić information content (AvgIpc) is 3.36. The molecular weight excluding hydrogens is 567 g/mol. The van der Waals surface area contributed by atoms with E-state index in [0.29, 0.717) is 43.0 Å². The maximum absolute atomic E-state index is 13.5. The molecule has 8 nitrogen and oxygen atoms in total. The Morgan fingerprint density at radius 2 is 1.63 bits per heavy atom. The van der Waals surface area contributed by atoms with Gasteiger partial charge in [-0.15, -0.1) is 0 Å². The van der Waals surface area contributed by atoms with E-state index in [4.69, 9.17) is 0 Å². The zero-order chi connectivity index (χ0) is 30.7. The molecule has 1 unspecified atom stereocenters. The Hall–Kier alpha value is -4.31. The van der Waals surface area contributed by atoms with Gasteiger partial charge in [0, 0.05) is 30.8 Å². The Balaban J connectivity index is 1.17. The van der Waals surface area contributed by atoms with Crippen molar-refractivity contribution in [2.75, 3.05) is 18.4 Å². The molecule has 0 spiro atoms. The first-order valence-electron chi connectivity index (χ1n) is 14.3. The van der Waals surface area contributed by atoms with Crippen LogP contribution in [0.15, 0.2) is 66.7 Å². The van der Waals surface area contributed by atoms with Gasteiger partial charge in [-0.25, -0.2) is 14.2 Å². The molecule has 224 valence electrons. The lowest BCUT2D eigenvalue weighted by atomic mass is 9.87. The second kappa shape index (κ2) is 12.5. The van der Waals surface area contributed by atoms with Crippen LogP contribution in [0.2, 0.25) is 0 Å². The smallest absolute Gasteiger partial charge is 0.326 e. The monoisotopic (exact) mass is 602 g/mol. The summed E-state index contributed by atoms with van der Waals surface area (Å²) in [5.74, 6) is -1.98.